The zero-order valence-electron chi connectivity index (χ0n) is 5.98. The van der Waals surface area contributed by atoms with Gasteiger partial charge < -0.3 is 4.43 Å². The van der Waals surface area contributed by atoms with Crippen molar-refractivity contribution in [2.75, 3.05) is 0 Å². The minimum atomic E-state index is -2.65. The zero-order chi connectivity index (χ0) is 6.91. The third kappa shape index (κ3) is 2.06. The quantitative estimate of drug-likeness (QED) is 0.378. The smallest absolute Gasteiger partial charge is 0.380 e. The van der Waals surface area contributed by atoms with Crippen molar-refractivity contribution in [2.45, 2.75) is 38.5 Å². The summed E-state index contributed by atoms with van der Waals surface area (Å²) in [6.45, 7) is 3.59. The van der Waals surface area contributed by atoms with E-state index in [9.17, 15) is 4.11 Å². The molecule has 0 aliphatic carbocycles. The second kappa shape index (κ2) is 2.38. The van der Waals surface area contributed by atoms with Gasteiger partial charge in [0.25, 0.3) is 0 Å². The van der Waals surface area contributed by atoms with Crippen molar-refractivity contribution >= 4 is 8.65 Å². The van der Waals surface area contributed by atoms with Crippen LogP contribution in [0.1, 0.15) is 19.8 Å². The van der Waals surface area contributed by atoms with Crippen LogP contribution < -0.4 is 0 Å². The number of hydrogen-bond acceptors (Lipinski definition) is 1. The van der Waals surface area contributed by atoms with Crippen molar-refractivity contribution in [1.82, 2.24) is 0 Å². The van der Waals surface area contributed by atoms with Gasteiger partial charge >= 0.3 is 8.65 Å². The Labute approximate surface area is 56.5 Å². The summed E-state index contributed by atoms with van der Waals surface area (Å²) in [6, 6.07) is 0.692. The van der Waals surface area contributed by atoms with E-state index in [1.54, 1.807) is 6.55 Å². The maximum absolute atomic E-state index is 13.0. The fraction of sp³-hybridized carbons (Fsp3) is 1.00. The molecule has 54 valence electrons. The van der Waals surface area contributed by atoms with Gasteiger partial charge in [0, 0.05) is 6.10 Å². The Morgan fingerprint density at radius 1 is 1.67 bits per heavy atom. The molecule has 1 aliphatic rings. The zero-order valence-corrected chi connectivity index (χ0v) is 6.98. The summed E-state index contributed by atoms with van der Waals surface area (Å²) < 4.78 is 18.2. The van der Waals surface area contributed by atoms with Crippen LogP contribution in [0.15, 0.2) is 0 Å². The van der Waals surface area contributed by atoms with Crippen LogP contribution in [0.5, 0.6) is 0 Å². The largest absolute Gasteiger partial charge is 0.389 e. The van der Waals surface area contributed by atoms with Crippen LogP contribution in [0.25, 0.3) is 0 Å². The first-order chi connectivity index (χ1) is 4.10. The fourth-order valence-corrected chi connectivity index (χ4v) is 3.15. The summed E-state index contributed by atoms with van der Waals surface area (Å²) in [6.07, 6.45) is 2.22. The highest BCUT2D eigenvalue weighted by molar-refractivity contribution is 6.65. The van der Waals surface area contributed by atoms with Crippen molar-refractivity contribution in [1.29, 1.82) is 0 Å². The minimum Gasteiger partial charge on any atom is -0.389 e. The third-order valence-corrected chi connectivity index (χ3v) is 3.82. The van der Waals surface area contributed by atoms with E-state index in [0.29, 0.717) is 6.04 Å². The molecule has 0 radical (unpaired) electrons. The molecule has 1 heterocycles. The summed E-state index contributed by atoms with van der Waals surface area (Å²) in [5, 5.41) is 0. The highest BCUT2D eigenvalue weighted by Gasteiger charge is 2.34. The molecule has 1 nitrogen and oxygen atoms in total. The predicted molar refractivity (Wildman–Crippen MR) is 37.3 cm³/mol. The van der Waals surface area contributed by atoms with Gasteiger partial charge in [-0.1, -0.05) is 0 Å². The molecule has 9 heavy (non-hydrogen) atoms. The van der Waals surface area contributed by atoms with E-state index in [-0.39, 0.29) is 6.10 Å². The lowest BCUT2D eigenvalue weighted by molar-refractivity contribution is 0.154. The van der Waals surface area contributed by atoms with Crippen LogP contribution in [-0.4, -0.2) is 14.8 Å². The SMILES string of the molecule is CC1CCC[Si](C)(F)O1. The maximum Gasteiger partial charge on any atom is 0.380 e. The van der Waals surface area contributed by atoms with Crippen molar-refractivity contribution in [3.8, 4) is 0 Å². The molecule has 1 rings (SSSR count). The van der Waals surface area contributed by atoms with Gasteiger partial charge in [0.2, 0.25) is 0 Å². The number of hydrogen-bond donors (Lipinski definition) is 0. The predicted octanol–water partition coefficient (Wildman–Crippen LogP) is 2.23. The van der Waals surface area contributed by atoms with Gasteiger partial charge in [0.15, 0.2) is 0 Å². The number of rotatable bonds is 0. The standard InChI is InChI=1S/C6H13FOSi/c1-6-4-3-5-9(2,7)8-6/h6H,3-5H2,1-2H3. The Morgan fingerprint density at radius 3 is 2.67 bits per heavy atom. The lowest BCUT2D eigenvalue weighted by atomic mass is 10.2. The summed E-state index contributed by atoms with van der Waals surface area (Å²) in [5.74, 6) is 0. The van der Waals surface area contributed by atoms with E-state index in [1.807, 2.05) is 6.92 Å². The summed E-state index contributed by atoms with van der Waals surface area (Å²) in [5.41, 5.74) is 0. The van der Waals surface area contributed by atoms with E-state index in [2.05, 4.69) is 0 Å². The summed E-state index contributed by atoms with van der Waals surface area (Å²) >= 11 is 0. The summed E-state index contributed by atoms with van der Waals surface area (Å²) in [7, 11) is -2.65. The first-order valence-corrected chi connectivity index (χ1v) is 5.96. The van der Waals surface area contributed by atoms with Crippen molar-refractivity contribution in [3.63, 3.8) is 0 Å². The molecule has 0 saturated carbocycles. The van der Waals surface area contributed by atoms with Crippen molar-refractivity contribution < 1.29 is 8.53 Å². The van der Waals surface area contributed by atoms with E-state index < -0.39 is 8.65 Å². The molecule has 2 atom stereocenters. The molecule has 0 bridgehead atoms. The Bertz CT molecular complexity index is 105. The van der Waals surface area contributed by atoms with Crippen LogP contribution in [-0.2, 0) is 4.43 Å². The average molecular weight is 148 g/mol. The van der Waals surface area contributed by atoms with Crippen LogP contribution in [0.3, 0.4) is 0 Å². The molecule has 0 aromatic rings. The molecule has 0 aromatic heterocycles. The molecule has 0 N–H and O–H groups in total. The Hall–Kier alpha value is 0.107. The molecule has 2 unspecified atom stereocenters. The minimum absolute atomic E-state index is 0.167. The molecular weight excluding hydrogens is 135 g/mol. The first-order valence-electron chi connectivity index (χ1n) is 3.47. The van der Waals surface area contributed by atoms with Gasteiger partial charge in [-0.3, -0.25) is 4.11 Å². The van der Waals surface area contributed by atoms with Gasteiger partial charge in [-0.25, -0.2) is 0 Å². The normalized spacial score (nSPS) is 45.0. The molecular formula is C6H13FOSi. The molecule has 0 spiro atoms. The van der Waals surface area contributed by atoms with Crippen LogP contribution in [0, 0.1) is 0 Å². The van der Waals surface area contributed by atoms with Gasteiger partial charge in [0.05, 0.1) is 0 Å². The fourth-order valence-electron chi connectivity index (χ4n) is 1.24. The van der Waals surface area contributed by atoms with E-state index >= 15 is 0 Å². The van der Waals surface area contributed by atoms with E-state index in [1.165, 1.54) is 0 Å². The molecule has 0 amide bonds. The van der Waals surface area contributed by atoms with Gasteiger partial charge in [-0.05, 0) is 32.4 Å². The monoisotopic (exact) mass is 148 g/mol. The molecule has 1 fully saturated rings. The molecule has 1 aliphatic heterocycles. The first kappa shape index (κ1) is 7.22. The van der Waals surface area contributed by atoms with Gasteiger partial charge in [-0.2, -0.15) is 0 Å². The third-order valence-electron chi connectivity index (χ3n) is 1.68. The Balaban J connectivity index is 2.41. The van der Waals surface area contributed by atoms with Crippen molar-refractivity contribution in [3.05, 3.63) is 0 Å². The highest BCUT2D eigenvalue weighted by Crippen LogP contribution is 2.26. The lowest BCUT2D eigenvalue weighted by Gasteiger charge is -2.28. The molecule has 3 heteroatoms. The van der Waals surface area contributed by atoms with Crippen molar-refractivity contribution in [2.24, 2.45) is 0 Å². The maximum atomic E-state index is 13.0. The highest BCUT2D eigenvalue weighted by atomic mass is 28.4. The molecule has 1 saturated heterocycles. The topological polar surface area (TPSA) is 9.23 Å². The van der Waals surface area contributed by atoms with Crippen LogP contribution in [0.2, 0.25) is 12.6 Å². The van der Waals surface area contributed by atoms with E-state index in [4.69, 9.17) is 4.43 Å². The second-order valence-electron chi connectivity index (χ2n) is 2.92. The van der Waals surface area contributed by atoms with E-state index in [0.717, 1.165) is 12.8 Å². The van der Waals surface area contributed by atoms with Crippen LogP contribution in [0.4, 0.5) is 4.11 Å². The van der Waals surface area contributed by atoms with Gasteiger partial charge in [-0.15, -0.1) is 0 Å². The Morgan fingerprint density at radius 2 is 2.33 bits per heavy atom. The number of halogens is 1. The second-order valence-corrected chi connectivity index (χ2v) is 5.86. The lowest BCUT2D eigenvalue weighted by Crippen LogP contribution is -2.36. The van der Waals surface area contributed by atoms with Gasteiger partial charge in [0.1, 0.15) is 0 Å². The average Bonchev–Trinajstić information content (AvgIpc) is 1.60. The van der Waals surface area contributed by atoms with Crippen LogP contribution >= 0.6 is 0 Å². The molecule has 0 aromatic carbocycles. The summed E-state index contributed by atoms with van der Waals surface area (Å²) in [4.78, 5) is 0. The Kier molecular flexibility index (Phi) is 1.91.